The molecule has 0 radical (unpaired) electrons. The fourth-order valence-corrected chi connectivity index (χ4v) is 3.87. The molecule has 2 heterocycles. The zero-order valence-electron chi connectivity index (χ0n) is 16.5. The number of carbonyl (C=O) groups excluding carboxylic acids is 2. The highest BCUT2D eigenvalue weighted by Crippen LogP contribution is 2.23. The second-order valence-corrected chi connectivity index (χ2v) is 7.85. The monoisotopic (exact) mass is 407 g/mol. The number of hydrogen-bond donors (Lipinski definition) is 2. The highest BCUT2D eigenvalue weighted by Gasteiger charge is 2.31. The molecule has 1 aromatic rings. The number of nitrogens with one attached hydrogen (secondary N) is 2. The van der Waals surface area contributed by atoms with E-state index in [1.54, 1.807) is 17.0 Å². The van der Waals surface area contributed by atoms with Gasteiger partial charge in [-0.05, 0) is 43.8 Å². The number of benzene rings is 1. The highest BCUT2D eigenvalue weighted by molar-refractivity contribution is 6.30. The number of urea groups is 1. The van der Waals surface area contributed by atoms with E-state index in [9.17, 15) is 9.59 Å². The second-order valence-electron chi connectivity index (χ2n) is 7.41. The van der Waals surface area contributed by atoms with Gasteiger partial charge in [0.05, 0.1) is 6.04 Å². The van der Waals surface area contributed by atoms with E-state index < -0.39 is 0 Å². The molecule has 0 aliphatic carbocycles. The first-order chi connectivity index (χ1) is 13.5. The Morgan fingerprint density at radius 1 is 1.14 bits per heavy atom. The molecule has 0 unspecified atom stereocenters. The van der Waals surface area contributed by atoms with Crippen LogP contribution in [0.4, 0.5) is 10.5 Å². The molecule has 2 aliphatic heterocycles. The highest BCUT2D eigenvalue weighted by atomic mass is 35.5. The van der Waals surface area contributed by atoms with Gasteiger partial charge >= 0.3 is 6.03 Å². The van der Waals surface area contributed by atoms with Crippen molar-refractivity contribution in [3.8, 4) is 0 Å². The average Bonchev–Trinajstić information content (AvgIpc) is 3.06. The quantitative estimate of drug-likeness (QED) is 0.676. The van der Waals surface area contributed by atoms with Crippen LogP contribution in [0.15, 0.2) is 24.3 Å². The molecular weight excluding hydrogens is 378 g/mol. The first-order valence-corrected chi connectivity index (χ1v) is 10.5. The molecule has 0 bridgehead atoms. The molecule has 2 fully saturated rings. The van der Waals surface area contributed by atoms with Gasteiger partial charge in [0.1, 0.15) is 0 Å². The van der Waals surface area contributed by atoms with Gasteiger partial charge in [-0.1, -0.05) is 18.5 Å². The number of rotatable bonds is 7. The van der Waals surface area contributed by atoms with E-state index >= 15 is 0 Å². The molecule has 0 saturated carbocycles. The molecule has 2 aliphatic rings. The van der Waals surface area contributed by atoms with Crippen molar-refractivity contribution in [1.82, 2.24) is 20.4 Å². The lowest BCUT2D eigenvalue weighted by Crippen LogP contribution is -2.47. The van der Waals surface area contributed by atoms with Crippen molar-refractivity contribution in [2.45, 2.75) is 25.8 Å². The number of hydrogen-bond acceptors (Lipinski definition) is 4. The van der Waals surface area contributed by atoms with Gasteiger partial charge in [-0.3, -0.25) is 4.79 Å². The van der Waals surface area contributed by atoms with E-state index in [0.717, 1.165) is 51.4 Å². The summed E-state index contributed by atoms with van der Waals surface area (Å²) in [5.41, 5.74) is 0.808. The fraction of sp³-hybridized carbons (Fsp3) is 0.600. The van der Waals surface area contributed by atoms with Crippen molar-refractivity contribution in [2.24, 2.45) is 0 Å². The second kappa shape index (κ2) is 10.1. The van der Waals surface area contributed by atoms with Gasteiger partial charge in [0.15, 0.2) is 0 Å². The van der Waals surface area contributed by atoms with Gasteiger partial charge in [0, 0.05) is 56.4 Å². The Bertz CT molecular complexity index is 661. The van der Waals surface area contributed by atoms with Crippen LogP contribution >= 0.6 is 11.6 Å². The van der Waals surface area contributed by atoms with E-state index in [2.05, 4.69) is 27.4 Å². The average molecular weight is 408 g/mol. The third-order valence-corrected chi connectivity index (χ3v) is 5.70. The van der Waals surface area contributed by atoms with E-state index in [-0.39, 0.29) is 18.0 Å². The van der Waals surface area contributed by atoms with Crippen LogP contribution in [-0.4, -0.2) is 80.1 Å². The molecule has 0 aromatic heterocycles. The topological polar surface area (TPSA) is 67.9 Å². The van der Waals surface area contributed by atoms with Gasteiger partial charge in [0.2, 0.25) is 5.91 Å². The summed E-state index contributed by atoms with van der Waals surface area (Å²) in [6.07, 6.45) is 1.25. The molecule has 1 aromatic carbocycles. The standard InChI is InChI=1S/C20H30ClN5O2/c1-2-24-10-12-25(13-11-24)9-3-8-22-20(28)23-17-14-19(27)26(15-17)18-6-4-16(21)5-7-18/h4-7,17H,2-3,8-15H2,1H3,(H2,22,23,28)/t17-/m1/s1. The predicted molar refractivity (Wildman–Crippen MR) is 112 cm³/mol. The number of anilines is 1. The van der Waals surface area contributed by atoms with Gasteiger partial charge in [-0.25, -0.2) is 4.79 Å². The van der Waals surface area contributed by atoms with Crippen LogP contribution in [0.5, 0.6) is 0 Å². The maximum Gasteiger partial charge on any atom is 0.315 e. The van der Waals surface area contributed by atoms with Gasteiger partial charge in [-0.15, -0.1) is 0 Å². The molecule has 1 atom stereocenters. The van der Waals surface area contributed by atoms with Crippen LogP contribution in [0.25, 0.3) is 0 Å². The summed E-state index contributed by atoms with van der Waals surface area (Å²) < 4.78 is 0. The fourth-order valence-electron chi connectivity index (χ4n) is 3.74. The summed E-state index contributed by atoms with van der Waals surface area (Å²) in [4.78, 5) is 31.0. The molecule has 8 heteroatoms. The van der Waals surface area contributed by atoms with Crippen molar-refractivity contribution in [3.63, 3.8) is 0 Å². The maximum absolute atomic E-state index is 12.2. The number of carbonyl (C=O) groups is 2. The van der Waals surface area contributed by atoms with E-state index in [0.29, 0.717) is 24.5 Å². The third kappa shape index (κ3) is 5.83. The van der Waals surface area contributed by atoms with E-state index in [4.69, 9.17) is 11.6 Å². The first-order valence-electron chi connectivity index (χ1n) is 10.1. The minimum absolute atomic E-state index is 0.0128. The number of piperazine rings is 1. The number of halogens is 1. The summed E-state index contributed by atoms with van der Waals surface area (Å²) in [5, 5.41) is 6.46. The Balaban J connectivity index is 1.33. The van der Waals surface area contributed by atoms with Crippen molar-refractivity contribution in [3.05, 3.63) is 29.3 Å². The van der Waals surface area contributed by atoms with Crippen molar-refractivity contribution < 1.29 is 9.59 Å². The Kier molecular flexibility index (Phi) is 7.53. The summed E-state index contributed by atoms with van der Waals surface area (Å²) in [6, 6.07) is 6.79. The Labute approximate surface area is 172 Å². The Morgan fingerprint density at radius 3 is 2.50 bits per heavy atom. The molecule has 154 valence electrons. The Hall–Kier alpha value is -1.83. The molecule has 2 N–H and O–H groups in total. The van der Waals surface area contributed by atoms with Gasteiger partial charge < -0.3 is 25.3 Å². The van der Waals surface area contributed by atoms with Gasteiger partial charge in [0.25, 0.3) is 0 Å². The number of nitrogens with zero attached hydrogens (tertiary/aromatic N) is 3. The summed E-state index contributed by atoms with van der Waals surface area (Å²) in [6.45, 7) is 9.91. The van der Waals surface area contributed by atoms with Crippen molar-refractivity contribution in [1.29, 1.82) is 0 Å². The number of likely N-dealkylation sites (N-methyl/N-ethyl adjacent to an activating group) is 1. The summed E-state index contributed by atoms with van der Waals surface area (Å²) in [7, 11) is 0. The third-order valence-electron chi connectivity index (χ3n) is 5.45. The van der Waals surface area contributed by atoms with Crippen LogP contribution in [-0.2, 0) is 4.79 Å². The van der Waals surface area contributed by atoms with Crippen molar-refractivity contribution in [2.75, 3.05) is 57.3 Å². The van der Waals surface area contributed by atoms with E-state index in [1.165, 1.54) is 0 Å². The van der Waals surface area contributed by atoms with Crippen LogP contribution in [0.1, 0.15) is 19.8 Å². The molecule has 3 amide bonds. The summed E-state index contributed by atoms with van der Waals surface area (Å²) in [5.74, 6) is 0.0128. The first kappa shape index (κ1) is 20.9. The maximum atomic E-state index is 12.2. The predicted octanol–water partition coefficient (Wildman–Crippen LogP) is 1.77. The summed E-state index contributed by atoms with van der Waals surface area (Å²) >= 11 is 5.90. The van der Waals surface area contributed by atoms with Crippen LogP contribution in [0.2, 0.25) is 5.02 Å². The molecule has 28 heavy (non-hydrogen) atoms. The smallest absolute Gasteiger partial charge is 0.315 e. The van der Waals surface area contributed by atoms with E-state index in [1.807, 2.05) is 12.1 Å². The lowest BCUT2D eigenvalue weighted by Gasteiger charge is -2.33. The van der Waals surface area contributed by atoms with Crippen LogP contribution < -0.4 is 15.5 Å². The largest absolute Gasteiger partial charge is 0.338 e. The molecule has 7 nitrogen and oxygen atoms in total. The normalized spacial score (nSPS) is 21.1. The van der Waals surface area contributed by atoms with Crippen LogP contribution in [0, 0.1) is 0 Å². The minimum atomic E-state index is -0.202. The van der Waals surface area contributed by atoms with Gasteiger partial charge in [-0.2, -0.15) is 0 Å². The lowest BCUT2D eigenvalue weighted by molar-refractivity contribution is -0.117. The molecule has 0 spiro atoms. The van der Waals surface area contributed by atoms with Crippen LogP contribution in [0.3, 0.4) is 0 Å². The minimum Gasteiger partial charge on any atom is -0.338 e. The SMILES string of the molecule is CCN1CCN(CCCNC(=O)N[C@@H]2CC(=O)N(c3ccc(Cl)cc3)C2)CC1. The molecule has 3 rings (SSSR count). The molecular formula is C20H30ClN5O2. The Morgan fingerprint density at radius 2 is 1.82 bits per heavy atom. The zero-order chi connectivity index (χ0) is 19.9. The number of amides is 3. The van der Waals surface area contributed by atoms with Crippen molar-refractivity contribution >= 4 is 29.2 Å². The lowest BCUT2D eigenvalue weighted by atomic mass is 10.2. The zero-order valence-corrected chi connectivity index (χ0v) is 17.2. The molecule has 2 saturated heterocycles.